The van der Waals surface area contributed by atoms with Gasteiger partial charge in [-0.1, -0.05) is 12.1 Å². The minimum absolute atomic E-state index is 0.0210. The van der Waals surface area contributed by atoms with Gasteiger partial charge in [-0.15, -0.1) is 10.2 Å². The first-order valence-corrected chi connectivity index (χ1v) is 9.69. The van der Waals surface area contributed by atoms with Gasteiger partial charge in [0.15, 0.2) is 0 Å². The first kappa shape index (κ1) is 19.9. The zero-order chi connectivity index (χ0) is 21.1. The van der Waals surface area contributed by atoms with Crippen LogP contribution in [0.3, 0.4) is 0 Å². The van der Waals surface area contributed by atoms with Gasteiger partial charge in [-0.3, -0.25) is 4.79 Å². The predicted molar refractivity (Wildman–Crippen MR) is 110 cm³/mol. The second-order valence-electron chi connectivity index (χ2n) is 7.47. The maximum Gasteiger partial charge on any atom is 0.311 e. The van der Waals surface area contributed by atoms with Crippen molar-refractivity contribution in [3.63, 3.8) is 0 Å². The van der Waals surface area contributed by atoms with Crippen LogP contribution in [0.4, 0.5) is 0 Å². The van der Waals surface area contributed by atoms with E-state index in [1.807, 2.05) is 26.2 Å². The lowest BCUT2D eigenvalue weighted by molar-refractivity contribution is 0.0150. The van der Waals surface area contributed by atoms with Crippen LogP contribution in [0.15, 0.2) is 52.9 Å². The third kappa shape index (κ3) is 4.44. The average Bonchev–Trinajstić information content (AvgIpc) is 3.21. The summed E-state index contributed by atoms with van der Waals surface area (Å²) in [5.41, 5.74) is 1.95. The Bertz CT molecular complexity index is 993. The molecule has 1 fully saturated rings. The van der Waals surface area contributed by atoms with Crippen LogP contribution in [-0.2, 0) is 6.54 Å². The van der Waals surface area contributed by atoms with Gasteiger partial charge in [0.1, 0.15) is 17.6 Å². The Hall–Kier alpha value is -3.39. The first-order valence-electron chi connectivity index (χ1n) is 9.69. The number of aromatic nitrogens is 2. The third-order valence-corrected chi connectivity index (χ3v) is 4.81. The number of nitrogens with zero attached hydrogens (tertiary/aromatic N) is 4. The minimum atomic E-state index is -0.288. The molecule has 3 aromatic rings. The van der Waals surface area contributed by atoms with Gasteiger partial charge in [0, 0.05) is 12.1 Å². The van der Waals surface area contributed by atoms with Gasteiger partial charge in [-0.25, -0.2) is 0 Å². The molecule has 0 bridgehead atoms. The van der Waals surface area contributed by atoms with Crippen molar-refractivity contribution in [2.45, 2.75) is 12.6 Å². The number of carbonyl (C=O) groups excluding carboxylic acids is 1. The van der Waals surface area contributed by atoms with E-state index in [0.29, 0.717) is 19.0 Å². The summed E-state index contributed by atoms with van der Waals surface area (Å²) in [5.74, 6) is 1.52. The van der Waals surface area contributed by atoms with E-state index in [2.05, 4.69) is 27.2 Å². The van der Waals surface area contributed by atoms with E-state index in [4.69, 9.17) is 13.9 Å². The Morgan fingerprint density at radius 3 is 2.37 bits per heavy atom. The van der Waals surface area contributed by atoms with Gasteiger partial charge in [-0.2, -0.15) is 0 Å². The van der Waals surface area contributed by atoms with E-state index in [-0.39, 0.29) is 17.9 Å². The zero-order valence-corrected chi connectivity index (χ0v) is 17.2. The van der Waals surface area contributed by atoms with E-state index in [0.717, 1.165) is 23.6 Å². The molecule has 0 spiro atoms. The summed E-state index contributed by atoms with van der Waals surface area (Å²) in [4.78, 5) is 16.3. The monoisotopic (exact) mass is 408 g/mol. The summed E-state index contributed by atoms with van der Waals surface area (Å²) in [6, 6.07) is 15.2. The molecule has 0 N–H and O–H groups in total. The van der Waals surface area contributed by atoms with Crippen LogP contribution in [-0.4, -0.2) is 66.3 Å². The molecule has 0 unspecified atom stereocenters. The SMILES string of the molecule is COc1ccc(-c2nnc(C(=O)N3CC(Oc4ccc(CN(C)C)cc4)C3)o2)cc1. The number of methoxy groups -OCH3 is 1. The molecule has 156 valence electrons. The maximum absolute atomic E-state index is 12.6. The minimum Gasteiger partial charge on any atom is -0.497 e. The Balaban J connectivity index is 1.30. The quantitative estimate of drug-likeness (QED) is 0.595. The standard InChI is InChI=1S/C22H24N4O4/c1-25(2)12-15-4-8-18(9-5-15)29-19-13-26(14-19)22(27)21-24-23-20(30-21)16-6-10-17(28-3)11-7-16/h4-11,19H,12-14H2,1-3H3. The molecule has 1 aliphatic heterocycles. The molecule has 0 saturated carbocycles. The van der Waals surface area contributed by atoms with Crippen LogP contribution in [0.1, 0.15) is 16.2 Å². The number of amides is 1. The molecule has 8 heteroatoms. The number of benzene rings is 2. The number of likely N-dealkylation sites (tertiary alicyclic amines) is 1. The molecular formula is C22H24N4O4. The lowest BCUT2D eigenvalue weighted by Gasteiger charge is -2.38. The Labute approximate surface area is 175 Å². The molecule has 30 heavy (non-hydrogen) atoms. The van der Waals surface area contributed by atoms with E-state index in [1.54, 1.807) is 36.3 Å². The number of hydrogen-bond acceptors (Lipinski definition) is 7. The Morgan fingerprint density at radius 1 is 1.07 bits per heavy atom. The summed E-state index contributed by atoms with van der Waals surface area (Å²) in [7, 11) is 5.67. The molecule has 1 saturated heterocycles. The molecular weight excluding hydrogens is 384 g/mol. The van der Waals surface area contributed by atoms with Gasteiger partial charge in [0.25, 0.3) is 0 Å². The maximum atomic E-state index is 12.6. The highest BCUT2D eigenvalue weighted by molar-refractivity contribution is 5.90. The lowest BCUT2D eigenvalue weighted by atomic mass is 10.1. The van der Waals surface area contributed by atoms with E-state index in [9.17, 15) is 4.79 Å². The Morgan fingerprint density at radius 2 is 1.73 bits per heavy atom. The van der Waals surface area contributed by atoms with Crippen LogP contribution in [0, 0.1) is 0 Å². The van der Waals surface area contributed by atoms with Gasteiger partial charge in [0.2, 0.25) is 5.89 Å². The molecule has 4 rings (SSSR count). The predicted octanol–water partition coefficient (Wildman–Crippen LogP) is 2.71. The highest BCUT2D eigenvalue weighted by Gasteiger charge is 2.35. The van der Waals surface area contributed by atoms with Crippen LogP contribution in [0.25, 0.3) is 11.5 Å². The van der Waals surface area contributed by atoms with Crippen molar-refractivity contribution in [2.24, 2.45) is 0 Å². The van der Waals surface area contributed by atoms with Crippen LogP contribution in [0.2, 0.25) is 0 Å². The van der Waals surface area contributed by atoms with Crippen molar-refractivity contribution in [3.8, 4) is 23.0 Å². The van der Waals surface area contributed by atoms with E-state index in [1.165, 1.54) is 5.56 Å². The Kier molecular flexibility index (Phi) is 5.67. The second kappa shape index (κ2) is 8.54. The molecule has 1 aromatic heterocycles. The van der Waals surface area contributed by atoms with Crippen molar-refractivity contribution in [1.82, 2.24) is 20.0 Å². The zero-order valence-electron chi connectivity index (χ0n) is 17.2. The highest BCUT2D eigenvalue weighted by Crippen LogP contribution is 2.24. The fourth-order valence-electron chi connectivity index (χ4n) is 3.20. The third-order valence-electron chi connectivity index (χ3n) is 4.81. The van der Waals surface area contributed by atoms with Crippen LogP contribution >= 0.6 is 0 Å². The van der Waals surface area contributed by atoms with Crippen molar-refractivity contribution in [1.29, 1.82) is 0 Å². The second-order valence-corrected chi connectivity index (χ2v) is 7.47. The van der Waals surface area contributed by atoms with Crippen molar-refractivity contribution < 1.29 is 18.7 Å². The molecule has 2 heterocycles. The summed E-state index contributed by atoms with van der Waals surface area (Å²) in [6.07, 6.45) is -0.0439. The summed E-state index contributed by atoms with van der Waals surface area (Å²) in [6.45, 7) is 1.85. The van der Waals surface area contributed by atoms with Crippen molar-refractivity contribution in [2.75, 3.05) is 34.3 Å². The van der Waals surface area contributed by atoms with Gasteiger partial charge in [0.05, 0.1) is 20.2 Å². The van der Waals surface area contributed by atoms with E-state index >= 15 is 0 Å². The molecule has 0 atom stereocenters. The van der Waals surface area contributed by atoms with Crippen LogP contribution in [0.5, 0.6) is 11.5 Å². The van der Waals surface area contributed by atoms with Crippen molar-refractivity contribution in [3.05, 3.63) is 60.0 Å². The van der Waals surface area contributed by atoms with Gasteiger partial charge < -0.3 is 23.7 Å². The average molecular weight is 408 g/mol. The van der Waals surface area contributed by atoms with Crippen molar-refractivity contribution >= 4 is 5.91 Å². The number of carbonyl (C=O) groups is 1. The first-order chi connectivity index (χ1) is 14.5. The molecule has 0 radical (unpaired) electrons. The largest absolute Gasteiger partial charge is 0.497 e. The normalized spacial score (nSPS) is 13.9. The highest BCUT2D eigenvalue weighted by atomic mass is 16.5. The fourth-order valence-corrected chi connectivity index (χ4v) is 3.20. The van der Waals surface area contributed by atoms with E-state index < -0.39 is 0 Å². The number of rotatable bonds is 7. The molecule has 2 aromatic carbocycles. The van der Waals surface area contributed by atoms with Crippen LogP contribution < -0.4 is 9.47 Å². The lowest BCUT2D eigenvalue weighted by Crippen LogP contribution is -2.56. The van der Waals surface area contributed by atoms with Gasteiger partial charge in [-0.05, 0) is 56.1 Å². The molecule has 8 nitrogen and oxygen atoms in total. The summed E-state index contributed by atoms with van der Waals surface area (Å²) in [5, 5.41) is 7.88. The summed E-state index contributed by atoms with van der Waals surface area (Å²) < 4.78 is 16.6. The number of ether oxygens (including phenoxy) is 2. The topological polar surface area (TPSA) is 80.9 Å². The molecule has 0 aliphatic carbocycles. The summed E-state index contributed by atoms with van der Waals surface area (Å²) >= 11 is 0. The smallest absolute Gasteiger partial charge is 0.311 e. The number of hydrogen-bond donors (Lipinski definition) is 0. The molecule has 1 amide bonds. The molecule has 1 aliphatic rings. The fraction of sp³-hybridized carbons (Fsp3) is 0.318. The van der Waals surface area contributed by atoms with Gasteiger partial charge >= 0.3 is 11.8 Å².